The van der Waals surface area contributed by atoms with Crippen molar-refractivity contribution in [3.05, 3.63) is 0 Å². The van der Waals surface area contributed by atoms with Crippen LogP contribution >= 0.6 is 0 Å². The summed E-state index contributed by atoms with van der Waals surface area (Å²) in [5.74, 6) is -7.80. The van der Waals surface area contributed by atoms with Gasteiger partial charge in [-0.2, -0.15) is 8.42 Å². The number of aliphatic hydroxyl groups is 12. The number of aliphatic hydroxyl groups excluding tert-OH is 12. The van der Waals surface area contributed by atoms with E-state index in [0.717, 1.165) is 20.8 Å². The molecule has 0 aromatic carbocycles. The van der Waals surface area contributed by atoms with Crippen molar-refractivity contribution in [2.24, 2.45) is 0 Å². The maximum absolute atomic E-state index is 12.9. The number of rotatable bonds is 22. The summed E-state index contributed by atoms with van der Waals surface area (Å²) in [6.07, 6.45) is -35.0. The maximum Gasteiger partial charge on any atom is 0.397 e. The van der Waals surface area contributed by atoms with E-state index in [4.69, 9.17) is 33.0 Å². The Morgan fingerprint density at radius 2 is 1.38 bits per heavy atom. The third-order valence-corrected chi connectivity index (χ3v) is 10.7. The van der Waals surface area contributed by atoms with Crippen LogP contribution in [0.1, 0.15) is 27.2 Å². The molecule has 3 heterocycles. The van der Waals surface area contributed by atoms with E-state index in [1.165, 1.54) is 0 Å². The Morgan fingerprint density at radius 3 is 1.89 bits per heavy atom. The van der Waals surface area contributed by atoms with Gasteiger partial charge in [0.15, 0.2) is 12.6 Å². The van der Waals surface area contributed by atoms with Gasteiger partial charge in [0.1, 0.15) is 85.4 Å². The lowest BCUT2D eigenvalue weighted by Gasteiger charge is -2.50. The molecule has 31 heteroatoms. The van der Waals surface area contributed by atoms with Crippen molar-refractivity contribution >= 4 is 34.1 Å². The van der Waals surface area contributed by atoms with Crippen molar-refractivity contribution in [2.75, 3.05) is 33.0 Å². The molecule has 30 nitrogen and oxygen atoms in total. The zero-order valence-electron chi connectivity index (χ0n) is 34.2. The van der Waals surface area contributed by atoms with Gasteiger partial charge >= 0.3 is 16.4 Å². The highest BCUT2D eigenvalue weighted by atomic mass is 32.3. The van der Waals surface area contributed by atoms with Crippen molar-refractivity contribution in [1.82, 2.24) is 16.0 Å². The molecule has 3 amide bonds. The summed E-state index contributed by atoms with van der Waals surface area (Å²) in [7, 11) is -5.10. The second kappa shape index (κ2) is 23.7. The molecule has 0 bridgehead atoms. The summed E-state index contributed by atoms with van der Waals surface area (Å²) in [5.41, 5.74) is 0. The van der Waals surface area contributed by atoms with E-state index in [2.05, 4.69) is 20.1 Å². The number of carbonyl (C=O) groups excluding carboxylic acids is 3. The largest absolute Gasteiger partial charge is 0.477 e. The molecular weight excluding hydrogens is 902 g/mol. The molecule has 0 aromatic rings. The molecule has 3 aliphatic heterocycles. The number of ether oxygens (including phenoxy) is 6. The molecule has 0 aliphatic carbocycles. The zero-order chi connectivity index (χ0) is 48.6. The summed E-state index contributed by atoms with van der Waals surface area (Å²) >= 11 is 0. The van der Waals surface area contributed by atoms with Crippen LogP contribution in [0.2, 0.25) is 0 Å². The Balaban J connectivity index is 1.97. The molecule has 3 fully saturated rings. The lowest BCUT2D eigenvalue weighted by molar-refractivity contribution is -0.375. The van der Waals surface area contributed by atoms with Crippen LogP contribution in [0.5, 0.6) is 0 Å². The Bertz CT molecular complexity index is 1670. The molecule has 3 rings (SSSR count). The highest BCUT2D eigenvalue weighted by Gasteiger charge is 2.60. The van der Waals surface area contributed by atoms with E-state index < -0.39 is 195 Å². The standard InChI is InChI=1S/C33H57N3O27S/c1-10(40)34-13(5-37)27(22(47)16(45)8-57-30-20(36-12(3)42)25(50)23(48)18(60-30)9-58-64(54,55)56)61-31-26(51)29(24(49)17(7-39)59-31)63-33(32(52)53)4-14(43)19(35-11(2)41)28(62-33)21(46)15(44)6-38/h13-31,37-39,43-51H,4-9H2,1-3H3,(H,34,40)(H,35,41)(H,36,42)(H,52,53)(H,54,55,56)/t13-,14-,15+,16+,17+,18+,19+,20+,21+,22-,23+,24-,25+,26+,27+,28+,29-,30+,31-,33-/m0/s1. The Labute approximate surface area is 363 Å². The molecule has 0 unspecified atom stereocenters. The molecule has 3 aliphatic rings. The number of carboxylic acid groups (broad SMARTS) is 1. The molecular formula is C33H57N3O27S. The summed E-state index contributed by atoms with van der Waals surface area (Å²) in [5, 5.41) is 145. The Hall–Kier alpha value is -2.97. The molecule has 20 atom stereocenters. The van der Waals surface area contributed by atoms with Crippen molar-refractivity contribution in [3.8, 4) is 0 Å². The van der Waals surface area contributed by atoms with E-state index in [-0.39, 0.29) is 0 Å². The van der Waals surface area contributed by atoms with Crippen LogP contribution in [0.15, 0.2) is 0 Å². The van der Waals surface area contributed by atoms with Gasteiger partial charge in [-0.3, -0.25) is 18.9 Å². The quantitative estimate of drug-likeness (QED) is 0.0448. The minimum Gasteiger partial charge on any atom is -0.477 e. The van der Waals surface area contributed by atoms with E-state index >= 15 is 0 Å². The number of hydrogen-bond acceptors (Lipinski definition) is 25. The van der Waals surface area contributed by atoms with Gasteiger partial charge in [-0.1, -0.05) is 0 Å². The first-order valence-corrected chi connectivity index (χ1v) is 20.6. The third kappa shape index (κ3) is 14.0. The van der Waals surface area contributed by atoms with Crippen LogP contribution in [0, 0.1) is 0 Å². The van der Waals surface area contributed by atoms with Crippen LogP contribution < -0.4 is 16.0 Å². The number of carboxylic acids is 1. The molecule has 17 N–H and O–H groups in total. The van der Waals surface area contributed by atoms with Gasteiger partial charge in [0.05, 0.1) is 51.2 Å². The summed E-state index contributed by atoms with van der Waals surface area (Å²) in [6, 6.07) is -5.06. The number of aliphatic carboxylic acids is 1. The fraction of sp³-hybridized carbons (Fsp3) is 0.879. The number of hydrogen-bond donors (Lipinski definition) is 17. The van der Waals surface area contributed by atoms with Crippen LogP contribution in [0.3, 0.4) is 0 Å². The fourth-order valence-electron chi connectivity index (χ4n) is 7.10. The predicted molar refractivity (Wildman–Crippen MR) is 199 cm³/mol. The lowest BCUT2D eigenvalue weighted by Crippen LogP contribution is -2.70. The van der Waals surface area contributed by atoms with Crippen molar-refractivity contribution in [2.45, 2.75) is 149 Å². The first kappa shape index (κ1) is 55.4. The molecule has 3 saturated heterocycles. The third-order valence-electron chi connectivity index (χ3n) is 10.2. The van der Waals surface area contributed by atoms with Gasteiger partial charge in [-0.05, 0) is 0 Å². The van der Waals surface area contributed by atoms with Crippen LogP contribution in [-0.4, -0.2) is 258 Å². The van der Waals surface area contributed by atoms with E-state index in [0.29, 0.717) is 0 Å². The number of nitrogens with one attached hydrogen (secondary N) is 3. The average molecular weight is 960 g/mol. The van der Waals surface area contributed by atoms with Gasteiger partial charge in [0, 0.05) is 27.2 Å². The maximum atomic E-state index is 12.9. The topological polar surface area (TPSA) is 486 Å². The molecule has 0 saturated carbocycles. The second-order valence-corrected chi connectivity index (χ2v) is 16.2. The van der Waals surface area contributed by atoms with Crippen LogP contribution in [0.25, 0.3) is 0 Å². The monoisotopic (exact) mass is 959 g/mol. The SMILES string of the molecule is CC(=O)N[C@H]1[C@H](OC[C@@H](O)[C@H](O)[C@H](O[C@@H]2O[C@H](CO)[C@H](O)[C@H](O[C@]3(C(=O)O)C[C@H](O)[C@@H](NC(C)=O)[C@H]([C@H](O)[C@H](O)CO)O3)[C@H]2O)[C@H](CO)NC(C)=O)O[C@H](COS(=O)(=O)O)[C@@H](O)[C@@H]1O. The minimum absolute atomic E-state index is 0.816. The molecule has 64 heavy (non-hydrogen) atoms. The van der Waals surface area contributed by atoms with Gasteiger partial charge < -0.3 is 111 Å². The fourth-order valence-corrected chi connectivity index (χ4v) is 7.40. The summed E-state index contributed by atoms with van der Waals surface area (Å²) in [6.45, 7) is -2.65. The van der Waals surface area contributed by atoms with E-state index in [1.54, 1.807) is 0 Å². The van der Waals surface area contributed by atoms with Gasteiger partial charge in [0.2, 0.25) is 17.7 Å². The van der Waals surface area contributed by atoms with E-state index in [1.807, 2.05) is 0 Å². The number of carbonyl (C=O) groups is 4. The number of amides is 3. The second-order valence-electron chi connectivity index (χ2n) is 15.1. The Morgan fingerprint density at radius 1 is 0.781 bits per heavy atom. The molecule has 372 valence electrons. The molecule has 0 radical (unpaired) electrons. The van der Waals surface area contributed by atoms with Crippen LogP contribution in [0.4, 0.5) is 0 Å². The summed E-state index contributed by atoms with van der Waals surface area (Å²) in [4.78, 5) is 48.9. The Kier molecular flexibility index (Phi) is 20.5. The summed E-state index contributed by atoms with van der Waals surface area (Å²) < 4.78 is 68.7. The lowest BCUT2D eigenvalue weighted by atomic mass is 9.88. The van der Waals surface area contributed by atoms with Gasteiger partial charge in [0.25, 0.3) is 5.79 Å². The molecule has 0 aromatic heterocycles. The van der Waals surface area contributed by atoms with Gasteiger partial charge in [-0.15, -0.1) is 0 Å². The highest BCUT2D eigenvalue weighted by molar-refractivity contribution is 7.80. The zero-order valence-corrected chi connectivity index (χ0v) is 35.0. The van der Waals surface area contributed by atoms with E-state index in [9.17, 15) is 94.0 Å². The first-order chi connectivity index (χ1) is 29.7. The first-order valence-electron chi connectivity index (χ1n) is 19.3. The van der Waals surface area contributed by atoms with Gasteiger partial charge in [-0.25, -0.2) is 8.98 Å². The molecule has 0 spiro atoms. The van der Waals surface area contributed by atoms with Crippen LogP contribution in [-0.2, 0) is 62.2 Å². The minimum atomic E-state index is -5.10. The normalized spacial score (nSPS) is 36.4. The highest BCUT2D eigenvalue weighted by Crippen LogP contribution is 2.38. The predicted octanol–water partition coefficient (Wildman–Crippen LogP) is -10.6. The smallest absolute Gasteiger partial charge is 0.397 e. The van der Waals surface area contributed by atoms with Crippen molar-refractivity contribution in [3.63, 3.8) is 0 Å². The van der Waals surface area contributed by atoms with Crippen molar-refractivity contribution < 1.29 is 131 Å². The van der Waals surface area contributed by atoms with Crippen molar-refractivity contribution in [1.29, 1.82) is 0 Å². The average Bonchev–Trinajstić information content (AvgIpc) is 3.21.